The average Bonchev–Trinajstić information content (AvgIpc) is 2.28. The minimum Gasteiger partial charge on any atom is -0.382 e. The summed E-state index contributed by atoms with van der Waals surface area (Å²) in [5.74, 6) is 1.40. The van der Waals surface area contributed by atoms with Crippen LogP contribution in [0.2, 0.25) is 5.02 Å². The summed E-state index contributed by atoms with van der Waals surface area (Å²) in [6, 6.07) is 3.66. The fraction of sp³-hybridized carbons (Fsp3) is 0.125. The topological polar surface area (TPSA) is 43.3 Å². The molecule has 2 aromatic rings. The molecule has 2 heterocycles. The van der Waals surface area contributed by atoms with Crippen molar-refractivity contribution >= 4 is 22.9 Å². The van der Waals surface area contributed by atoms with Gasteiger partial charge in [0.25, 0.3) is 0 Å². The Labute approximate surface area is 74.8 Å². The Balaban J connectivity index is 2.90. The summed E-state index contributed by atoms with van der Waals surface area (Å²) in [6.07, 6.45) is 1.80. The Morgan fingerprint density at radius 3 is 3.00 bits per heavy atom. The molecule has 62 valence electrons. The van der Waals surface area contributed by atoms with Gasteiger partial charge in [-0.2, -0.15) is 0 Å². The first-order valence-electron chi connectivity index (χ1n) is 3.58. The summed E-state index contributed by atoms with van der Waals surface area (Å²) in [5, 5.41) is 0.683. The van der Waals surface area contributed by atoms with E-state index < -0.39 is 0 Å². The van der Waals surface area contributed by atoms with Gasteiger partial charge >= 0.3 is 0 Å². The lowest BCUT2D eigenvalue weighted by Gasteiger charge is -1.95. The van der Waals surface area contributed by atoms with E-state index >= 15 is 0 Å². The van der Waals surface area contributed by atoms with Gasteiger partial charge in [-0.1, -0.05) is 11.6 Å². The molecule has 0 aliphatic rings. The first-order chi connectivity index (χ1) is 5.68. The van der Waals surface area contributed by atoms with Crippen molar-refractivity contribution < 1.29 is 0 Å². The smallest absolute Gasteiger partial charge is 0.149 e. The molecule has 2 rings (SSSR count). The van der Waals surface area contributed by atoms with Gasteiger partial charge in [0.1, 0.15) is 11.6 Å². The van der Waals surface area contributed by atoms with Crippen LogP contribution >= 0.6 is 11.6 Å². The van der Waals surface area contributed by atoms with Crippen molar-refractivity contribution in [3.8, 4) is 0 Å². The number of nitrogen functional groups attached to an aromatic ring is 1. The maximum atomic E-state index is 5.81. The Morgan fingerprint density at radius 1 is 1.50 bits per heavy atom. The zero-order valence-corrected chi connectivity index (χ0v) is 7.34. The third-order valence-electron chi connectivity index (χ3n) is 1.81. The Hall–Kier alpha value is -1.22. The lowest BCUT2D eigenvalue weighted by molar-refractivity contribution is 1.05. The van der Waals surface area contributed by atoms with Crippen LogP contribution in [0.4, 0.5) is 5.82 Å². The quantitative estimate of drug-likeness (QED) is 0.675. The molecule has 2 N–H and O–H groups in total. The SMILES string of the molecule is Cc1nc(N)c2ccc(Cl)cn12. The van der Waals surface area contributed by atoms with E-state index in [4.69, 9.17) is 17.3 Å². The molecule has 0 spiro atoms. The van der Waals surface area contributed by atoms with Crippen LogP contribution < -0.4 is 5.73 Å². The lowest BCUT2D eigenvalue weighted by Crippen LogP contribution is -1.86. The van der Waals surface area contributed by atoms with Gasteiger partial charge in [0, 0.05) is 6.20 Å². The van der Waals surface area contributed by atoms with E-state index in [-0.39, 0.29) is 0 Å². The summed E-state index contributed by atoms with van der Waals surface area (Å²) in [5.41, 5.74) is 6.55. The number of nitrogens with two attached hydrogens (primary N) is 1. The zero-order valence-electron chi connectivity index (χ0n) is 6.58. The highest BCUT2D eigenvalue weighted by molar-refractivity contribution is 6.30. The average molecular weight is 182 g/mol. The minimum atomic E-state index is 0.546. The third kappa shape index (κ3) is 0.940. The molecule has 0 aliphatic heterocycles. The summed E-state index contributed by atoms with van der Waals surface area (Å²) >= 11 is 5.81. The summed E-state index contributed by atoms with van der Waals surface area (Å²) in [7, 11) is 0. The van der Waals surface area contributed by atoms with Crippen molar-refractivity contribution in [2.24, 2.45) is 0 Å². The van der Waals surface area contributed by atoms with E-state index in [1.807, 2.05) is 17.4 Å². The number of imidazole rings is 1. The van der Waals surface area contributed by atoms with Crippen LogP contribution in [0, 0.1) is 6.92 Å². The molecule has 3 nitrogen and oxygen atoms in total. The number of nitrogens with zero attached hydrogens (tertiary/aromatic N) is 2. The summed E-state index contributed by atoms with van der Waals surface area (Å²) < 4.78 is 1.87. The van der Waals surface area contributed by atoms with Gasteiger partial charge in [0.2, 0.25) is 0 Å². The number of pyridine rings is 1. The van der Waals surface area contributed by atoms with Crippen LogP contribution in [0.5, 0.6) is 0 Å². The van der Waals surface area contributed by atoms with Crippen molar-refractivity contribution in [1.29, 1.82) is 0 Å². The standard InChI is InChI=1S/C8H8ClN3/c1-5-11-8(10)7-3-2-6(9)4-12(5)7/h2-4H,10H2,1H3. The van der Waals surface area contributed by atoms with Crippen molar-refractivity contribution in [2.45, 2.75) is 6.92 Å². The van der Waals surface area contributed by atoms with Crippen molar-refractivity contribution in [1.82, 2.24) is 9.38 Å². The number of hydrogen-bond acceptors (Lipinski definition) is 2. The Kier molecular flexibility index (Phi) is 1.48. The largest absolute Gasteiger partial charge is 0.382 e. The molecule has 0 aliphatic carbocycles. The first-order valence-corrected chi connectivity index (χ1v) is 3.96. The first kappa shape index (κ1) is 7.43. The van der Waals surface area contributed by atoms with Crippen molar-refractivity contribution in [3.63, 3.8) is 0 Å². The maximum absolute atomic E-state index is 5.81. The van der Waals surface area contributed by atoms with Gasteiger partial charge < -0.3 is 10.1 Å². The highest BCUT2D eigenvalue weighted by Gasteiger charge is 2.03. The molecule has 12 heavy (non-hydrogen) atoms. The molecular weight excluding hydrogens is 174 g/mol. The van der Waals surface area contributed by atoms with Crippen LogP contribution in [0.3, 0.4) is 0 Å². The van der Waals surface area contributed by atoms with Crippen LogP contribution in [0.1, 0.15) is 5.82 Å². The van der Waals surface area contributed by atoms with Gasteiger partial charge in [0.15, 0.2) is 0 Å². The van der Waals surface area contributed by atoms with Crippen molar-refractivity contribution in [3.05, 3.63) is 29.2 Å². The molecule has 0 aromatic carbocycles. The van der Waals surface area contributed by atoms with Gasteiger partial charge in [0.05, 0.1) is 10.5 Å². The summed E-state index contributed by atoms with van der Waals surface area (Å²) in [4.78, 5) is 4.11. The number of hydrogen-bond donors (Lipinski definition) is 1. The molecule has 0 radical (unpaired) electrons. The number of aryl methyl sites for hydroxylation is 1. The van der Waals surface area contributed by atoms with Gasteiger partial charge in [-0.15, -0.1) is 0 Å². The predicted molar refractivity (Wildman–Crippen MR) is 49.4 cm³/mol. The molecular formula is C8H8ClN3. The molecule has 4 heteroatoms. The maximum Gasteiger partial charge on any atom is 0.149 e. The molecule has 0 amide bonds. The van der Waals surface area contributed by atoms with Crippen LogP contribution in [-0.2, 0) is 0 Å². The lowest BCUT2D eigenvalue weighted by atomic mass is 10.4. The normalized spacial score (nSPS) is 10.8. The highest BCUT2D eigenvalue weighted by atomic mass is 35.5. The number of halogens is 1. The summed E-state index contributed by atoms with van der Waals surface area (Å²) in [6.45, 7) is 1.89. The second-order valence-corrected chi connectivity index (χ2v) is 3.08. The van der Waals surface area contributed by atoms with Gasteiger partial charge in [-0.3, -0.25) is 0 Å². The molecule has 2 aromatic heterocycles. The molecule has 0 atom stereocenters. The van der Waals surface area contributed by atoms with Crippen LogP contribution in [0.25, 0.3) is 5.52 Å². The van der Waals surface area contributed by atoms with Gasteiger partial charge in [-0.25, -0.2) is 4.98 Å². The fourth-order valence-corrected chi connectivity index (χ4v) is 1.40. The molecule has 0 fully saturated rings. The fourth-order valence-electron chi connectivity index (χ4n) is 1.24. The van der Waals surface area contributed by atoms with E-state index in [1.54, 1.807) is 12.3 Å². The predicted octanol–water partition coefficient (Wildman–Crippen LogP) is 1.88. The van der Waals surface area contributed by atoms with E-state index in [1.165, 1.54) is 0 Å². The number of rotatable bonds is 0. The van der Waals surface area contributed by atoms with Gasteiger partial charge in [-0.05, 0) is 19.1 Å². The monoisotopic (exact) mass is 181 g/mol. The van der Waals surface area contributed by atoms with E-state index in [0.717, 1.165) is 11.3 Å². The van der Waals surface area contributed by atoms with E-state index in [0.29, 0.717) is 10.8 Å². The van der Waals surface area contributed by atoms with Crippen molar-refractivity contribution in [2.75, 3.05) is 5.73 Å². The second-order valence-electron chi connectivity index (χ2n) is 2.65. The number of aromatic nitrogens is 2. The number of fused-ring (bicyclic) bond motifs is 1. The molecule has 0 unspecified atom stereocenters. The Bertz CT molecular complexity index is 433. The number of anilines is 1. The molecule has 0 bridgehead atoms. The second kappa shape index (κ2) is 2.38. The van der Waals surface area contributed by atoms with Crippen LogP contribution in [-0.4, -0.2) is 9.38 Å². The third-order valence-corrected chi connectivity index (χ3v) is 2.03. The zero-order chi connectivity index (χ0) is 8.72. The minimum absolute atomic E-state index is 0.546. The van der Waals surface area contributed by atoms with E-state index in [2.05, 4.69) is 4.98 Å². The highest BCUT2D eigenvalue weighted by Crippen LogP contribution is 2.17. The Morgan fingerprint density at radius 2 is 2.25 bits per heavy atom. The van der Waals surface area contributed by atoms with Crippen LogP contribution in [0.15, 0.2) is 18.3 Å². The molecule has 0 saturated heterocycles. The van der Waals surface area contributed by atoms with E-state index in [9.17, 15) is 0 Å². The molecule has 0 saturated carbocycles.